The van der Waals surface area contributed by atoms with Crippen LogP contribution in [0.25, 0.3) is 0 Å². The fraction of sp³-hybridized carbons (Fsp3) is 0.280. The first-order valence-corrected chi connectivity index (χ1v) is 10.3. The van der Waals surface area contributed by atoms with Crippen molar-refractivity contribution in [2.45, 2.75) is 37.1 Å². The first kappa shape index (κ1) is 21.4. The lowest BCUT2D eigenvalue weighted by Crippen LogP contribution is -2.50. The third-order valence-electron chi connectivity index (χ3n) is 5.76. The zero-order chi connectivity index (χ0) is 21.8. The van der Waals surface area contributed by atoms with Gasteiger partial charge >= 0.3 is 0 Å². The van der Waals surface area contributed by atoms with Crippen molar-refractivity contribution in [2.75, 3.05) is 6.61 Å². The van der Waals surface area contributed by atoms with Crippen molar-refractivity contribution in [3.63, 3.8) is 0 Å². The Balaban J connectivity index is 1.47. The van der Waals surface area contributed by atoms with E-state index in [1.54, 1.807) is 36.4 Å². The Kier molecular flexibility index (Phi) is 6.61. The molecule has 3 N–H and O–H groups in total. The van der Waals surface area contributed by atoms with Gasteiger partial charge in [-0.1, -0.05) is 36.4 Å². The fourth-order valence-electron chi connectivity index (χ4n) is 4.06. The molecule has 3 atom stereocenters. The molecule has 0 saturated carbocycles. The van der Waals surface area contributed by atoms with Gasteiger partial charge in [0.15, 0.2) is 0 Å². The van der Waals surface area contributed by atoms with Crippen LogP contribution in [0.3, 0.4) is 0 Å². The highest BCUT2D eigenvalue weighted by molar-refractivity contribution is 5.34. The molecule has 1 heterocycles. The summed E-state index contributed by atoms with van der Waals surface area (Å²) in [5.74, 6) is -0.705. The van der Waals surface area contributed by atoms with Gasteiger partial charge < -0.3 is 20.3 Å². The van der Waals surface area contributed by atoms with Crippen LogP contribution in [0.4, 0.5) is 8.78 Å². The highest BCUT2D eigenvalue weighted by Crippen LogP contribution is 2.35. The van der Waals surface area contributed by atoms with E-state index in [1.165, 1.54) is 24.3 Å². The van der Waals surface area contributed by atoms with Gasteiger partial charge in [0.1, 0.15) is 17.4 Å². The van der Waals surface area contributed by atoms with E-state index < -0.39 is 6.10 Å². The largest absolute Gasteiger partial charge is 0.508 e. The van der Waals surface area contributed by atoms with Crippen LogP contribution in [0.15, 0.2) is 72.8 Å². The molecule has 3 aromatic carbocycles. The Morgan fingerprint density at radius 3 is 1.94 bits per heavy atom. The molecule has 0 aliphatic carbocycles. The lowest BCUT2D eigenvalue weighted by Gasteiger charge is -2.38. The van der Waals surface area contributed by atoms with E-state index in [2.05, 4.69) is 5.32 Å². The number of aromatic hydroxyl groups is 1. The Labute approximate surface area is 180 Å². The van der Waals surface area contributed by atoms with Crippen molar-refractivity contribution in [3.05, 3.63) is 101 Å². The van der Waals surface area contributed by atoms with Gasteiger partial charge in [0.25, 0.3) is 0 Å². The minimum absolute atomic E-state index is 0.209. The van der Waals surface area contributed by atoms with Gasteiger partial charge in [-0.3, -0.25) is 0 Å². The third kappa shape index (κ3) is 5.28. The summed E-state index contributed by atoms with van der Waals surface area (Å²) in [7, 11) is 0. The lowest BCUT2D eigenvalue weighted by atomic mass is 9.82. The topological polar surface area (TPSA) is 61.7 Å². The smallest absolute Gasteiger partial charge is 0.123 e. The third-order valence-corrected chi connectivity index (χ3v) is 5.76. The summed E-state index contributed by atoms with van der Waals surface area (Å²) in [4.78, 5) is 0. The van der Waals surface area contributed by atoms with Gasteiger partial charge in [-0.25, -0.2) is 8.78 Å². The van der Waals surface area contributed by atoms with Crippen LogP contribution in [0.2, 0.25) is 0 Å². The van der Waals surface area contributed by atoms with Crippen LogP contribution >= 0.6 is 0 Å². The molecule has 1 fully saturated rings. The van der Waals surface area contributed by atoms with Crippen molar-refractivity contribution >= 4 is 0 Å². The van der Waals surface area contributed by atoms with Gasteiger partial charge in [0.05, 0.1) is 24.9 Å². The molecule has 1 aliphatic heterocycles. The maximum absolute atomic E-state index is 13.5. The fourth-order valence-corrected chi connectivity index (χ4v) is 4.06. The minimum Gasteiger partial charge on any atom is -0.508 e. The number of hydrogen-bond donors (Lipinski definition) is 3. The molecule has 31 heavy (non-hydrogen) atoms. The van der Waals surface area contributed by atoms with E-state index in [4.69, 9.17) is 4.74 Å². The van der Waals surface area contributed by atoms with Crippen LogP contribution in [0, 0.1) is 11.6 Å². The molecule has 6 heteroatoms. The average Bonchev–Trinajstić information content (AvgIpc) is 2.77. The van der Waals surface area contributed by atoms with E-state index in [9.17, 15) is 19.0 Å². The maximum Gasteiger partial charge on any atom is 0.123 e. The summed E-state index contributed by atoms with van der Waals surface area (Å²) in [5, 5.41) is 23.5. The summed E-state index contributed by atoms with van der Waals surface area (Å²) in [5.41, 5.74) is 2.68. The molecule has 1 aliphatic rings. The zero-order valence-electron chi connectivity index (χ0n) is 16.9. The van der Waals surface area contributed by atoms with Crippen LogP contribution < -0.4 is 5.32 Å². The molecule has 0 radical (unpaired) electrons. The number of phenols is 1. The number of rotatable bonds is 6. The standard InChI is InChI=1S/C25H25F2NO3/c26-19-7-3-17(4-8-19)25(18-5-9-20(27)10-6-18)24-13-23(30)22(15-31-24)28-14-16-1-11-21(29)12-2-16/h1-12,22-25,28-30H,13-15H2/t22-,23-,24+/m1/s1. The van der Waals surface area contributed by atoms with Crippen molar-refractivity contribution in [3.8, 4) is 5.75 Å². The molecular weight excluding hydrogens is 400 g/mol. The molecular formula is C25H25F2NO3. The second-order valence-electron chi connectivity index (χ2n) is 7.91. The number of halogens is 2. The Hall–Kier alpha value is -2.80. The predicted octanol–water partition coefficient (Wildman–Crippen LogP) is 4.11. The van der Waals surface area contributed by atoms with E-state index in [1.807, 2.05) is 12.1 Å². The Bertz CT molecular complexity index is 932. The molecule has 4 rings (SSSR count). The first-order chi connectivity index (χ1) is 15.0. The van der Waals surface area contributed by atoms with Gasteiger partial charge in [-0.2, -0.15) is 0 Å². The number of aliphatic hydroxyl groups excluding tert-OH is 1. The highest BCUT2D eigenvalue weighted by Gasteiger charge is 2.35. The summed E-state index contributed by atoms with van der Waals surface area (Å²) in [6.07, 6.45) is -0.593. The monoisotopic (exact) mass is 425 g/mol. The number of aliphatic hydroxyl groups is 1. The van der Waals surface area contributed by atoms with Crippen LogP contribution in [0.5, 0.6) is 5.75 Å². The Morgan fingerprint density at radius 1 is 0.871 bits per heavy atom. The van der Waals surface area contributed by atoms with Crippen LogP contribution in [0.1, 0.15) is 29.0 Å². The van der Waals surface area contributed by atoms with Crippen LogP contribution in [-0.2, 0) is 11.3 Å². The second kappa shape index (κ2) is 9.56. The molecule has 1 saturated heterocycles. The van der Waals surface area contributed by atoms with Gasteiger partial charge in [0.2, 0.25) is 0 Å². The number of phenolic OH excluding ortho intramolecular Hbond substituents is 1. The summed E-state index contributed by atoms with van der Waals surface area (Å²) in [6.45, 7) is 0.845. The highest BCUT2D eigenvalue weighted by atomic mass is 19.1. The van der Waals surface area contributed by atoms with Gasteiger partial charge in [-0.05, 0) is 53.1 Å². The summed E-state index contributed by atoms with van der Waals surface area (Å²) >= 11 is 0. The molecule has 0 aromatic heterocycles. The van der Waals surface area contributed by atoms with Crippen molar-refractivity contribution < 1.29 is 23.7 Å². The number of nitrogens with one attached hydrogen (secondary N) is 1. The molecule has 3 aromatic rings. The predicted molar refractivity (Wildman–Crippen MR) is 114 cm³/mol. The molecule has 0 unspecified atom stereocenters. The number of benzene rings is 3. The molecule has 162 valence electrons. The number of hydrogen-bond acceptors (Lipinski definition) is 4. The van der Waals surface area contributed by atoms with E-state index in [-0.39, 0.29) is 35.4 Å². The van der Waals surface area contributed by atoms with E-state index >= 15 is 0 Å². The number of ether oxygens (including phenoxy) is 1. The summed E-state index contributed by atoms with van der Waals surface area (Å²) < 4.78 is 33.1. The molecule has 0 bridgehead atoms. The lowest BCUT2D eigenvalue weighted by molar-refractivity contribution is -0.0718. The van der Waals surface area contributed by atoms with Crippen molar-refractivity contribution in [1.82, 2.24) is 5.32 Å². The quantitative estimate of drug-likeness (QED) is 0.556. The minimum atomic E-state index is -0.640. The van der Waals surface area contributed by atoms with Gasteiger partial charge in [0, 0.05) is 18.9 Å². The SMILES string of the molecule is Oc1ccc(CN[C@@H]2CO[C@H](C(c3ccc(F)cc3)c3ccc(F)cc3)C[C@H]2O)cc1. The van der Waals surface area contributed by atoms with E-state index in [0.29, 0.717) is 19.6 Å². The first-order valence-electron chi connectivity index (χ1n) is 10.3. The Morgan fingerprint density at radius 2 is 1.42 bits per heavy atom. The zero-order valence-corrected chi connectivity index (χ0v) is 16.9. The van der Waals surface area contributed by atoms with Crippen LogP contribution in [-0.4, -0.2) is 35.1 Å². The maximum atomic E-state index is 13.5. The van der Waals surface area contributed by atoms with Crippen molar-refractivity contribution in [1.29, 1.82) is 0 Å². The second-order valence-corrected chi connectivity index (χ2v) is 7.91. The molecule has 4 nitrogen and oxygen atoms in total. The molecule has 0 spiro atoms. The van der Waals surface area contributed by atoms with E-state index in [0.717, 1.165) is 16.7 Å². The van der Waals surface area contributed by atoms with Crippen molar-refractivity contribution in [2.24, 2.45) is 0 Å². The summed E-state index contributed by atoms with van der Waals surface area (Å²) in [6, 6.07) is 19.0. The molecule has 0 amide bonds. The normalized spacial score (nSPS) is 21.4. The average molecular weight is 425 g/mol. The van der Waals surface area contributed by atoms with Gasteiger partial charge in [-0.15, -0.1) is 0 Å².